The third-order valence-electron chi connectivity index (χ3n) is 5.32. The van der Waals surface area contributed by atoms with Crippen molar-refractivity contribution >= 4 is 44.9 Å². The lowest BCUT2D eigenvalue weighted by molar-refractivity contribution is -0.113. The van der Waals surface area contributed by atoms with E-state index in [0.717, 1.165) is 27.9 Å². The molecular weight excluding hydrogens is 450 g/mol. The number of aromatic nitrogens is 2. The van der Waals surface area contributed by atoms with E-state index in [1.54, 1.807) is 10.6 Å². The van der Waals surface area contributed by atoms with Crippen LogP contribution >= 0.6 is 23.1 Å². The minimum absolute atomic E-state index is 0.117. The molecule has 0 aliphatic heterocycles. The van der Waals surface area contributed by atoms with Gasteiger partial charge in [0.15, 0.2) is 5.16 Å². The number of carbonyl (C=O) groups is 1. The first-order chi connectivity index (χ1) is 15.9. The van der Waals surface area contributed by atoms with Crippen molar-refractivity contribution in [2.45, 2.75) is 32.5 Å². The second-order valence-corrected chi connectivity index (χ2v) is 9.75. The van der Waals surface area contributed by atoms with E-state index in [4.69, 9.17) is 4.98 Å². The Morgan fingerprint density at radius 3 is 2.58 bits per heavy atom. The van der Waals surface area contributed by atoms with Crippen molar-refractivity contribution in [2.75, 3.05) is 11.1 Å². The molecule has 2 aromatic carbocycles. The summed E-state index contributed by atoms with van der Waals surface area (Å²) in [4.78, 5) is 31.5. The van der Waals surface area contributed by atoms with Gasteiger partial charge in [-0.15, -0.1) is 17.9 Å². The number of nitrogens with zero attached hydrogens (tertiary/aromatic N) is 2. The van der Waals surface area contributed by atoms with Crippen molar-refractivity contribution in [3.05, 3.63) is 87.5 Å². The topological polar surface area (TPSA) is 64.0 Å². The summed E-state index contributed by atoms with van der Waals surface area (Å²) in [5, 5.41) is 6.04. The zero-order chi connectivity index (χ0) is 23.5. The molecule has 0 aliphatic carbocycles. The quantitative estimate of drug-likeness (QED) is 0.203. The summed E-state index contributed by atoms with van der Waals surface area (Å²) in [5.74, 6) is 0.0106. The highest BCUT2D eigenvalue weighted by molar-refractivity contribution is 7.99. The van der Waals surface area contributed by atoms with Gasteiger partial charge >= 0.3 is 0 Å². The zero-order valence-corrected chi connectivity index (χ0v) is 20.5. The third kappa shape index (κ3) is 4.94. The molecule has 1 N–H and O–H groups in total. The number of anilines is 1. The van der Waals surface area contributed by atoms with Crippen molar-refractivity contribution in [3.63, 3.8) is 0 Å². The average molecular weight is 476 g/mol. The predicted molar refractivity (Wildman–Crippen MR) is 140 cm³/mol. The van der Waals surface area contributed by atoms with E-state index in [-0.39, 0.29) is 17.2 Å². The maximum atomic E-state index is 13.4. The van der Waals surface area contributed by atoms with E-state index in [0.29, 0.717) is 21.9 Å². The minimum atomic E-state index is -0.141. The summed E-state index contributed by atoms with van der Waals surface area (Å²) in [7, 11) is 0. The highest BCUT2D eigenvalue weighted by Gasteiger charge is 2.18. The molecule has 0 spiro atoms. The number of fused-ring (bicyclic) bond motifs is 1. The Kier molecular flexibility index (Phi) is 6.81. The van der Waals surface area contributed by atoms with Gasteiger partial charge < -0.3 is 5.32 Å². The standard InChI is InChI=1S/C26H25N3O2S2/c1-5-12-29-25(31)23-20(19-9-6-16(2)7-10-19)14-32-24(23)28-26(29)33-15-22(30)27-21-11-8-17(3)13-18(21)4/h5-11,13-14H,1,12,15H2,2-4H3,(H,27,30). The number of hydrogen-bond acceptors (Lipinski definition) is 5. The van der Waals surface area contributed by atoms with E-state index >= 15 is 0 Å². The molecular formula is C26H25N3O2S2. The van der Waals surface area contributed by atoms with Gasteiger partial charge in [0.1, 0.15) is 4.83 Å². The number of nitrogens with one attached hydrogen (secondary N) is 1. The third-order valence-corrected chi connectivity index (χ3v) is 7.17. The van der Waals surface area contributed by atoms with Gasteiger partial charge in [0.2, 0.25) is 5.91 Å². The predicted octanol–water partition coefficient (Wildman–Crippen LogP) is 5.97. The second kappa shape index (κ2) is 9.77. The Balaban J connectivity index is 1.63. The monoisotopic (exact) mass is 475 g/mol. The summed E-state index contributed by atoms with van der Waals surface area (Å²) in [6, 6.07) is 14.0. The van der Waals surface area contributed by atoms with Crippen LogP contribution in [0.15, 0.2) is 70.5 Å². The van der Waals surface area contributed by atoms with Crippen LogP contribution in [0.3, 0.4) is 0 Å². The van der Waals surface area contributed by atoms with Gasteiger partial charge in [-0.1, -0.05) is 65.4 Å². The Labute approximate surface area is 201 Å². The molecule has 33 heavy (non-hydrogen) atoms. The van der Waals surface area contributed by atoms with Gasteiger partial charge in [0.05, 0.1) is 11.1 Å². The Morgan fingerprint density at radius 2 is 1.88 bits per heavy atom. The molecule has 0 saturated heterocycles. The molecule has 2 aromatic heterocycles. The summed E-state index contributed by atoms with van der Waals surface area (Å²) >= 11 is 2.70. The fraction of sp³-hybridized carbons (Fsp3) is 0.192. The van der Waals surface area contributed by atoms with Crippen LogP contribution in [0.1, 0.15) is 16.7 Å². The molecule has 0 fully saturated rings. The van der Waals surface area contributed by atoms with Crippen molar-refractivity contribution in [2.24, 2.45) is 0 Å². The molecule has 168 valence electrons. The molecule has 0 unspecified atom stereocenters. The number of rotatable bonds is 7. The summed E-state index contributed by atoms with van der Waals surface area (Å²) < 4.78 is 1.59. The summed E-state index contributed by atoms with van der Waals surface area (Å²) in [6.07, 6.45) is 1.67. The number of amides is 1. The number of hydrogen-bond donors (Lipinski definition) is 1. The zero-order valence-electron chi connectivity index (χ0n) is 18.8. The molecule has 1 amide bonds. The molecule has 5 nitrogen and oxygen atoms in total. The first-order valence-electron chi connectivity index (χ1n) is 10.6. The number of allylic oxidation sites excluding steroid dienone is 1. The van der Waals surface area contributed by atoms with E-state index < -0.39 is 0 Å². The van der Waals surface area contributed by atoms with Gasteiger partial charge in [-0.25, -0.2) is 4.98 Å². The largest absolute Gasteiger partial charge is 0.325 e. The number of thioether (sulfide) groups is 1. The van der Waals surface area contributed by atoms with Crippen LogP contribution in [0.25, 0.3) is 21.3 Å². The van der Waals surface area contributed by atoms with Crippen LogP contribution in [-0.4, -0.2) is 21.2 Å². The summed E-state index contributed by atoms with van der Waals surface area (Å²) in [6.45, 7) is 10.1. The lowest BCUT2D eigenvalue weighted by atomic mass is 10.1. The highest BCUT2D eigenvalue weighted by atomic mass is 32.2. The van der Waals surface area contributed by atoms with Crippen molar-refractivity contribution in [1.29, 1.82) is 0 Å². The van der Waals surface area contributed by atoms with E-state index in [1.165, 1.54) is 28.7 Å². The maximum Gasteiger partial charge on any atom is 0.263 e. The fourth-order valence-electron chi connectivity index (χ4n) is 3.62. The van der Waals surface area contributed by atoms with E-state index in [9.17, 15) is 9.59 Å². The lowest BCUT2D eigenvalue weighted by Crippen LogP contribution is -2.23. The SMILES string of the molecule is C=CCn1c(SCC(=O)Nc2ccc(C)cc2C)nc2scc(-c3ccc(C)cc3)c2c1=O. The normalized spacial score (nSPS) is 11.0. The van der Waals surface area contributed by atoms with Crippen molar-refractivity contribution in [1.82, 2.24) is 9.55 Å². The smallest absolute Gasteiger partial charge is 0.263 e. The molecule has 0 bridgehead atoms. The lowest BCUT2D eigenvalue weighted by Gasteiger charge is -2.12. The number of benzene rings is 2. The van der Waals surface area contributed by atoms with E-state index in [2.05, 4.69) is 11.9 Å². The molecule has 4 rings (SSSR count). The van der Waals surface area contributed by atoms with Gasteiger partial charge in [0.25, 0.3) is 5.56 Å². The molecule has 0 atom stereocenters. The Bertz CT molecular complexity index is 1400. The minimum Gasteiger partial charge on any atom is -0.325 e. The Hall–Kier alpha value is -3.16. The van der Waals surface area contributed by atoms with Crippen LogP contribution in [0.2, 0.25) is 0 Å². The summed E-state index contributed by atoms with van der Waals surface area (Å²) in [5.41, 5.74) is 5.87. The second-order valence-electron chi connectivity index (χ2n) is 7.95. The van der Waals surface area contributed by atoms with Gasteiger partial charge in [-0.2, -0.15) is 0 Å². The van der Waals surface area contributed by atoms with Gasteiger partial charge in [-0.3, -0.25) is 14.2 Å². The van der Waals surface area contributed by atoms with Crippen LogP contribution in [-0.2, 0) is 11.3 Å². The fourth-order valence-corrected chi connectivity index (χ4v) is 5.42. The van der Waals surface area contributed by atoms with Crippen LogP contribution < -0.4 is 10.9 Å². The van der Waals surface area contributed by atoms with Crippen LogP contribution in [0.5, 0.6) is 0 Å². The molecule has 4 aromatic rings. The first-order valence-corrected chi connectivity index (χ1v) is 12.4. The van der Waals surface area contributed by atoms with E-state index in [1.807, 2.05) is 68.6 Å². The maximum absolute atomic E-state index is 13.4. The number of aryl methyl sites for hydroxylation is 3. The number of carbonyl (C=O) groups excluding carboxylic acids is 1. The number of thiophene rings is 1. The molecule has 7 heteroatoms. The van der Waals surface area contributed by atoms with Crippen LogP contribution in [0.4, 0.5) is 5.69 Å². The van der Waals surface area contributed by atoms with Crippen molar-refractivity contribution < 1.29 is 4.79 Å². The van der Waals surface area contributed by atoms with Crippen molar-refractivity contribution in [3.8, 4) is 11.1 Å². The molecule has 0 radical (unpaired) electrons. The molecule has 0 saturated carbocycles. The molecule has 0 aliphatic rings. The highest BCUT2D eigenvalue weighted by Crippen LogP contribution is 2.32. The van der Waals surface area contributed by atoms with Gasteiger partial charge in [0, 0.05) is 23.2 Å². The Morgan fingerprint density at radius 1 is 1.15 bits per heavy atom. The van der Waals surface area contributed by atoms with Crippen LogP contribution in [0, 0.1) is 20.8 Å². The first kappa shape index (κ1) is 23.0. The van der Waals surface area contributed by atoms with Gasteiger partial charge in [-0.05, 0) is 38.0 Å². The average Bonchev–Trinajstić information content (AvgIpc) is 3.21. The molecule has 2 heterocycles.